The van der Waals surface area contributed by atoms with Crippen molar-refractivity contribution in [3.05, 3.63) is 28.3 Å². The summed E-state index contributed by atoms with van der Waals surface area (Å²) in [6.07, 6.45) is 4.91. The summed E-state index contributed by atoms with van der Waals surface area (Å²) in [6.45, 7) is 3.66. The van der Waals surface area contributed by atoms with Gasteiger partial charge in [0.15, 0.2) is 0 Å². The molecule has 4 heteroatoms. The summed E-state index contributed by atoms with van der Waals surface area (Å²) in [7, 11) is 2.02. The highest BCUT2D eigenvalue weighted by molar-refractivity contribution is 6.30. The molecular weight excluding hydrogens is 286 g/mol. The van der Waals surface area contributed by atoms with Gasteiger partial charge >= 0.3 is 0 Å². The second-order valence-electron chi connectivity index (χ2n) is 6.07. The molecule has 1 fully saturated rings. The maximum Gasteiger partial charge on any atom is 0.127 e. The van der Waals surface area contributed by atoms with Gasteiger partial charge in [-0.2, -0.15) is 0 Å². The van der Waals surface area contributed by atoms with Gasteiger partial charge in [-0.15, -0.1) is 0 Å². The van der Waals surface area contributed by atoms with Gasteiger partial charge in [0, 0.05) is 29.7 Å². The smallest absolute Gasteiger partial charge is 0.127 e. The lowest BCUT2D eigenvalue weighted by Gasteiger charge is -2.37. The Bertz CT molecular complexity index is 500. The molecule has 1 atom stereocenters. The second kappa shape index (κ2) is 6.55. The summed E-state index contributed by atoms with van der Waals surface area (Å²) >= 11 is 6.28. The van der Waals surface area contributed by atoms with Crippen LogP contribution >= 0.6 is 11.6 Å². The number of hydrogen-bond acceptors (Lipinski definition) is 3. The Morgan fingerprint density at radius 2 is 2.24 bits per heavy atom. The van der Waals surface area contributed by atoms with Gasteiger partial charge in [-0.3, -0.25) is 0 Å². The van der Waals surface area contributed by atoms with E-state index >= 15 is 0 Å². The van der Waals surface area contributed by atoms with Gasteiger partial charge in [-0.25, -0.2) is 0 Å². The van der Waals surface area contributed by atoms with Crippen molar-refractivity contribution >= 4 is 11.6 Å². The molecule has 0 amide bonds. The SMILES string of the molecule is CCOC1CC(CC(NC)c2cc(Cl)cc3c2OCC3)C1. The maximum atomic E-state index is 6.28. The molecule has 1 N–H and O–H groups in total. The van der Waals surface area contributed by atoms with E-state index in [1.807, 2.05) is 13.1 Å². The summed E-state index contributed by atoms with van der Waals surface area (Å²) in [5.41, 5.74) is 2.47. The summed E-state index contributed by atoms with van der Waals surface area (Å²) in [6, 6.07) is 4.41. The highest BCUT2D eigenvalue weighted by Crippen LogP contribution is 2.42. The maximum absolute atomic E-state index is 6.28. The molecule has 1 aromatic carbocycles. The first-order chi connectivity index (χ1) is 10.2. The molecule has 1 aliphatic carbocycles. The Kier molecular flexibility index (Phi) is 4.72. The van der Waals surface area contributed by atoms with Gasteiger partial charge in [-0.05, 0) is 56.8 Å². The van der Waals surface area contributed by atoms with Crippen molar-refractivity contribution in [2.45, 2.75) is 44.8 Å². The van der Waals surface area contributed by atoms with Crippen LogP contribution in [0.5, 0.6) is 5.75 Å². The fourth-order valence-corrected chi connectivity index (χ4v) is 3.78. The van der Waals surface area contributed by atoms with E-state index in [1.54, 1.807) is 0 Å². The van der Waals surface area contributed by atoms with Gasteiger partial charge in [0.1, 0.15) is 5.75 Å². The average Bonchev–Trinajstić information content (AvgIpc) is 2.88. The molecule has 0 spiro atoms. The Morgan fingerprint density at radius 3 is 2.95 bits per heavy atom. The monoisotopic (exact) mass is 309 g/mol. The van der Waals surface area contributed by atoms with Crippen LogP contribution in [0.15, 0.2) is 12.1 Å². The predicted octanol–water partition coefficient (Wildman–Crippen LogP) is 3.74. The standard InChI is InChI=1S/C17H24ClNO2/c1-3-20-14-6-11(7-14)8-16(19-2)15-10-13(18)9-12-4-5-21-17(12)15/h9-11,14,16,19H,3-8H2,1-2H3. The third-order valence-electron chi connectivity index (χ3n) is 4.66. The lowest BCUT2D eigenvalue weighted by molar-refractivity contribution is -0.0290. The second-order valence-corrected chi connectivity index (χ2v) is 6.51. The fraction of sp³-hybridized carbons (Fsp3) is 0.647. The van der Waals surface area contributed by atoms with Crippen molar-refractivity contribution in [2.75, 3.05) is 20.3 Å². The van der Waals surface area contributed by atoms with Crippen LogP contribution in [0.25, 0.3) is 0 Å². The molecule has 0 aromatic heterocycles. The first-order valence-electron chi connectivity index (χ1n) is 7.95. The van der Waals surface area contributed by atoms with Crippen molar-refractivity contribution in [3.63, 3.8) is 0 Å². The molecule has 21 heavy (non-hydrogen) atoms. The molecule has 1 aliphatic heterocycles. The van der Waals surface area contributed by atoms with Crippen LogP contribution in [-0.2, 0) is 11.2 Å². The third-order valence-corrected chi connectivity index (χ3v) is 4.88. The minimum Gasteiger partial charge on any atom is -0.493 e. The van der Waals surface area contributed by atoms with E-state index in [1.165, 1.54) is 24.0 Å². The number of benzene rings is 1. The fourth-order valence-electron chi connectivity index (χ4n) is 3.53. The lowest BCUT2D eigenvalue weighted by Crippen LogP contribution is -2.34. The molecule has 0 bridgehead atoms. The third kappa shape index (κ3) is 3.20. The highest BCUT2D eigenvalue weighted by atomic mass is 35.5. The molecule has 116 valence electrons. The molecule has 1 unspecified atom stereocenters. The Labute approximate surface area is 132 Å². The van der Waals surface area contributed by atoms with Crippen LogP contribution in [0.4, 0.5) is 0 Å². The van der Waals surface area contributed by atoms with Gasteiger partial charge in [0.25, 0.3) is 0 Å². The average molecular weight is 310 g/mol. The number of hydrogen-bond donors (Lipinski definition) is 1. The number of ether oxygens (including phenoxy) is 2. The van der Waals surface area contributed by atoms with Gasteiger partial charge in [0.2, 0.25) is 0 Å². The first kappa shape index (κ1) is 15.1. The number of halogens is 1. The molecule has 2 aliphatic rings. The Balaban J connectivity index is 1.70. The summed E-state index contributed by atoms with van der Waals surface area (Å²) < 4.78 is 11.5. The van der Waals surface area contributed by atoms with Crippen molar-refractivity contribution in [1.29, 1.82) is 0 Å². The van der Waals surface area contributed by atoms with Crippen LogP contribution in [0.3, 0.4) is 0 Å². The molecule has 3 rings (SSSR count). The topological polar surface area (TPSA) is 30.5 Å². The van der Waals surface area contributed by atoms with E-state index in [9.17, 15) is 0 Å². The Hall–Kier alpha value is -0.770. The van der Waals surface area contributed by atoms with Gasteiger partial charge in [0.05, 0.1) is 12.7 Å². The summed E-state index contributed by atoms with van der Waals surface area (Å²) in [5.74, 6) is 1.79. The van der Waals surface area contributed by atoms with Crippen molar-refractivity contribution in [1.82, 2.24) is 5.32 Å². The van der Waals surface area contributed by atoms with Gasteiger partial charge < -0.3 is 14.8 Å². The van der Waals surface area contributed by atoms with E-state index in [0.29, 0.717) is 12.1 Å². The molecule has 0 saturated heterocycles. The molecule has 1 aromatic rings. The van der Waals surface area contributed by atoms with Crippen LogP contribution in [0.1, 0.15) is 43.4 Å². The molecular formula is C17H24ClNO2. The van der Waals surface area contributed by atoms with E-state index in [-0.39, 0.29) is 0 Å². The van der Waals surface area contributed by atoms with Crippen LogP contribution < -0.4 is 10.1 Å². The predicted molar refractivity (Wildman–Crippen MR) is 85.2 cm³/mol. The minimum absolute atomic E-state index is 0.308. The van der Waals surface area contributed by atoms with Crippen LogP contribution in [0, 0.1) is 5.92 Å². The Morgan fingerprint density at radius 1 is 1.43 bits per heavy atom. The number of nitrogens with one attached hydrogen (secondary N) is 1. The molecule has 1 heterocycles. The quantitative estimate of drug-likeness (QED) is 0.868. The highest BCUT2D eigenvalue weighted by Gasteiger charge is 2.33. The van der Waals surface area contributed by atoms with E-state index in [0.717, 1.165) is 42.7 Å². The van der Waals surface area contributed by atoms with Crippen LogP contribution in [0.2, 0.25) is 5.02 Å². The molecule has 0 radical (unpaired) electrons. The van der Waals surface area contributed by atoms with Crippen LogP contribution in [-0.4, -0.2) is 26.4 Å². The number of rotatable bonds is 6. The normalized spacial score (nSPS) is 25.1. The van der Waals surface area contributed by atoms with Crippen molar-refractivity contribution < 1.29 is 9.47 Å². The molecule has 1 saturated carbocycles. The first-order valence-corrected chi connectivity index (χ1v) is 8.33. The zero-order chi connectivity index (χ0) is 14.8. The number of fused-ring (bicyclic) bond motifs is 1. The van der Waals surface area contributed by atoms with E-state index < -0.39 is 0 Å². The summed E-state index contributed by atoms with van der Waals surface area (Å²) in [5, 5.41) is 4.26. The zero-order valence-corrected chi connectivity index (χ0v) is 13.6. The van der Waals surface area contributed by atoms with E-state index in [4.69, 9.17) is 21.1 Å². The summed E-state index contributed by atoms with van der Waals surface area (Å²) in [4.78, 5) is 0. The lowest BCUT2D eigenvalue weighted by atomic mass is 9.77. The molecule has 3 nitrogen and oxygen atoms in total. The van der Waals surface area contributed by atoms with Gasteiger partial charge in [-0.1, -0.05) is 11.6 Å². The van der Waals surface area contributed by atoms with Crippen molar-refractivity contribution in [3.8, 4) is 5.75 Å². The van der Waals surface area contributed by atoms with E-state index in [2.05, 4.69) is 18.3 Å². The minimum atomic E-state index is 0.308. The largest absolute Gasteiger partial charge is 0.493 e. The zero-order valence-electron chi connectivity index (χ0n) is 12.8. The van der Waals surface area contributed by atoms with Crippen molar-refractivity contribution in [2.24, 2.45) is 5.92 Å².